The number of nitrogens with one attached hydrogen (secondary N) is 2. The van der Waals surface area contributed by atoms with Crippen molar-refractivity contribution in [1.82, 2.24) is 10.0 Å². The highest BCUT2D eigenvalue weighted by Gasteiger charge is 2.24. The van der Waals surface area contributed by atoms with E-state index in [4.69, 9.17) is 0 Å². The fourth-order valence-electron chi connectivity index (χ4n) is 2.17. The summed E-state index contributed by atoms with van der Waals surface area (Å²) in [5.74, 6) is -1.83. The standard InChI is InChI=1S/C17H18F2N2O3S/c1-11-9-13(7-8-14(11)18)10-20-17(22)12(2)21-25(23,24)16-6-4-3-5-15(16)19/h3-9,12,21H,10H2,1-2H3,(H,20,22)/t12-/m1/s1. The molecule has 2 N–H and O–H groups in total. The molecule has 0 aliphatic rings. The molecule has 25 heavy (non-hydrogen) atoms. The van der Waals surface area contributed by atoms with E-state index >= 15 is 0 Å². The van der Waals surface area contributed by atoms with Gasteiger partial charge in [0.15, 0.2) is 0 Å². The van der Waals surface area contributed by atoms with Crippen LogP contribution in [0.15, 0.2) is 47.4 Å². The number of hydrogen-bond donors (Lipinski definition) is 2. The van der Waals surface area contributed by atoms with Gasteiger partial charge >= 0.3 is 0 Å². The number of amides is 1. The van der Waals surface area contributed by atoms with Crippen LogP contribution in [-0.4, -0.2) is 20.4 Å². The maximum absolute atomic E-state index is 13.6. The molecule has 0 spiro atoms. The van der Waals surface area contributed by atoms with Crippen LogP contribution in [0.5, 0.6) is 0 Å². The number of hydrogen-bond acceptors (Lipinski definition) is 3. The normalized spacial score (nSPS) is 12.6. The summed E-state index contributed by atoms with van der Waals surface area (Å²) in [5, 5.41) is 2.55. The van der Waals surface area contributed by atoms with Crippen LogP contribution in [0.25, 0.3) is 0 Å². The van der Waals surface area contributed by atoms with Gasteiger partial charge in [0.1, 0.15) is 16.5 Å². The SMILES string of the molecule is Cc1cc(CNC(=O)[C@@H](C)NS(=O)(=O)c2ccccc2F)ccc1F. The summed E-state index contributed by atoms with van der Waals surface area (Å²) < 4.78 is 53.3. The third-order valence-corrected chi connectivity index (χ3v) is 5.11. The van der Waals surface area contributed by atoms with Crippen LogP contribution in [0.3, 0.4) is 0 Å². The summed E-state index contributed by atoms with van der Waals surface area (Å²) in [6.07, 6.45) is 0. The molecule has 0 aromatic heterocycles. The molecular weight excluding hydrogens is 350 g/mol. The van der Waals surface area contributed by atoms with E-state index in [1.54, 1.807) is 13.0 Å². The summed E-state index contributed by atoms with van der Waals surface area (Å²) in [6.45, 7) is 3.07. The molecule has 2 aromatic carbocycles. The predicted molar refractivity (Wildman–Crippen MR) is 89.2 cm³/mol. The fourth-order valence-corrected chi connectivity index (χ4v) is 3.45. The van der Waals surface area contributed by atoms with Crippen molar-refractivity contribution in [1.29, 1.82) is 0 Å². The lowest BCUT2D eigenvalue weighted by Crippen LogP contribution is -2.44. The minimum absolute atomic E-state index is 0.117. The summed E-state index contributed by atoms with van der Waals surface area (Å²) in [4.78, 5) is 11.5. The topological polar surface area (TPSA) is 75.3 Å². The van der Waals surface area contributed by atoms with E-state index in [0.29, 0.717) is 11.1 Å². The zero-order valence-corrected chi connectivity index (χ0v) is 14.5. The van der Waals surface area contributed by atoms with Crippen molar-refractivity contribution in [2.45, 2.75) is 31.3 Å². The lowest BCUT2D eigenvalue weighted by molar-refractivity contribution is -0.122. The largest absolute Gasteiger partial charge is 0.351 e. The Morgan fingerprint density at radius 1 is 1.12 bits per heavy atom. The molecule has 2 rings (SSSR count). The molecule has 1 atom stereocenters. The van der Waals surface area contributed by atoms with Gasteiger partial charge in [0.05, 0.1) is 6.04 Å². The van der Waals surface area contributed by atoms with Crippen LogP contribution in [0.4, 0.5) is 8.78 Å². The highest BCUT2D eigenvalue weighted by Crippen LogP contribution is 2.14. The number of carbonyl (C=O) groups excluding carboxylic acids is 1. The number of halogens is 2. The number of benzene rings is 2. The second-order valence-electron chi connectivity index (χ2n) is 5.57. The molecule has 8 heteroatoms. The Bertz CT molecular complexity index is 885. The van der Waals surface area contributed by atoms with Gasteiger partial charge < -0.3 is 5.32 Å². The van der Waals surface area contributed by atoms with Gasteiger partial charge in [-0.3, -0.25) is 4.79 Å². The van der Waals surface area contributed by atoms with Gasteiger partial charge in [0, 0.05) is 6.54 Å². The van der Waals surface area contributed by atoms with Crippen molar-refractivity contribution in [3.8, 4) is 0 Å². The third kappa shape index (κ3) is 4.83. The molecule has 0 aliphatic carbocycles. The average Bonchev–Trinajstić information content (AvgIpc) is 2.55. The molecule has 0 saturated carbocycles. The van der Waals surface area contributed by atoms with Gasteiger partial charge in [-0.05, 0) is 43.2 Å². The number of sulfonamides is 1. The molecule has 1 amide bonds. The van der Waals surface area contributed by atoms with Gasteiger partial charge in [-0.2, -0.15) is 4.72 Å². The molecule has 134 valence electrons. The van der Waals surface area contributed by atoms with Crippen molar-refractivity contribution in [2.75, 3.05) is 0 Å². The zero-order valence-electron chi connectivity index (χ0n) is 13.7. The molecule has 0 aliphatic heterocycles. The molecule has 0 saturated heterocycles. The zero-order chi connectivity index (χ0) is 18.6. The second-order valence-corrected chi connectivity index (χ2v) is 7.26. The Labute approximate surface area is 145 Å². The molecule has 0 unspecified atom stereocenters. The predicted octanol–water partition coefficient (Wildman–Crippen LogP) is 2.26. The van der Waals surface area contributed by atoms with E-state index in [1.165, 1.54) is 31.2 Å². The summed E-state index contributed by atoms with van der Waals surface area (Å²) in [7, 11) is -4.17. The van der Waals surface area contributed by atoms with Crippen molar-refractivity contribution in [3.63, 3.8) is 0 Å². The van der Waals surface area contributed by atoms with Gasteiger partial charge in [-0.15, -0.1) is 0 Å². The van der Waals surface area contributed by atoms with Gasteiger partial charge in [-0.1, -0.05) is 24.3 Å². The van der Waals surface area contributed by atoms with Crippen LogP contribution in [0, 0.1) is 18.6 Å². The molecular formula is C17H18F2N2O3S. The summed E-state index contributed by atoms with van der Waals surface area (Å²) >= 11 is 0. The van der Waals surface area contributed by atoms with E-state index in [9.17, 15) is 22.0 Å². The van der Waals surface area contributed by atoms with Crippen molar-refractivity contribution in [2.24, 2.45) is 0 Å². The monoisotopic (exact) mass is 368 g/mol. The molecule has 0 fully saturated rings. The molecule has 0 heterocycles. The first-order chi connectivity index (χ1) is 11.7. The van der Waals surface area contributed by atoms with Crippen molar-refractivity contribution in [3.05, 3.63) is 65.2 Å². The highest BCUT2D eigenvalue weighted by atomic mass is 32.2. The maximum Gasteiger partial charge on any atom is 0.244 e. The van der Waals surface area contributed by atoms with Gasteiger partial charge in [0.2, 0.25) is 15.9 Å². The number of rotatable bonds is 6. The van der Waals surface area contributed by atoms with Crippen molar-refractivity contribution >= 4 is 15.9 Å². The fraction of sp³-hybridized carbons (Fsp3) is 0.235. The van der Waals surface area contributed by atoms with Crippen LogP contribution < -0.4 is 10.0 Å². The molecule has 0 radical (unpaired) electrons. The highest BCUT2D eigenvalue weighted by molar-refractivity contribution is 7.89. The van der Waals surface area contributed by atoms with Gasteiger partial charge in [-0.25, -0.2) is 17.2 Å². The summed E-state index contributed by atoms with van der Waals surface area (Å²) in [5.41, 5.74) is 1.12. The van der Waals surface area contributed by atoms with Gasteiger partial charge in [0.25, 0.3) is 0 Å². The Morgan fingerprint density at radius 3 is 2.44 bits per heavy atom. The average molecular weight is 368 g/mol. The second kappa shape index (κ2) is 7.71. The molecule has 0 bridgehead atoms. The first-order valence-electron chi connectivity index (χ1n) is 7.50. The maximum atomic E-state index is 13.6. The Hall–Kier alpha value is -2.32. The van der Waals surface area contributed by atoms with E-state index < -0.39 is 32.7 Å². The van der Waals surface area contributed by atoms with Crippen LogP contribution in [-0.2, 0) is 21.4 Å². The van der Waals surface area contributed by atoms with Crippen LogP contribution >= 0.6 is 0 Å². The van der Waals surface area contributed by atoms with E-state index in [-0.39, 0.29) is 12.4 Å². The first-order valence-corrected chi connectivity index (χ1v) is 8.98. The van der Waals surface area contributed by atoms with Crippen LogP contribution in [0.2, 0.25) is 0 Å². The van der Waals surface area contributed by atoms with Crippen molar-refractivity contribution < 1.29 is 22.0 Å². The van der Waals surface area contributed by atoms with E-state index in [2.05, 4.69) is 10.0 Å². The lowest BCUT2D eigenvalue weighted by Gasteiger charge is -2.15. The Balaban J connectivity index is 2.00. The number of carbonyl (C=O) groups is 1. The minimum Gasteiger partial charge on any atom is -0.351 e. The lowest BCUT2D eigenvalue weighted by atomic mass is 10.1. The first kappa shape index (κ1) is 19.0. The van der Waals surface area contributed by atoms with E-state index in [0.717, 1.165) is 12.1 Å². The smallest absolute Gasteiger partial charge is 0.244 e. The number of aryl methyl sites for hydroxylation is 1. The van der Waals surface area contributed by atoms with Crippen LogP contribution in [0.1, 0.15) is 18.1 Å². The summed E-state index contributed by atoms with van der Waals surface area (Å²) in [6, 6.07) is 8.20. The van der Waals surface area contributed by atoms with E-state index in [1.807, 2.05) is 0 Å². The quantitative estimate of drug-likeness (QED) is 0.821. The molecule has 5 nitrogen and oxygen atoms in total. The third-order valence-electron chi connectivity index (χ3n) is 3.54. The Morgan fingerprint density at radius 2 is 1.80 bits per heavy atom. The molecule has 2 aromatic rings. The Kier molecular flexibility index (Phi) is 5.86. The minimum atomic E-state index is -4.17.